The van der Waals surface area contributed by atoms with Gasteiger partial charge < -0.3 is 19.7 Å². The van der Waals surface area contributed by atoms with Crippen molar-refractivity contribution in [2.24, 2.45) is 0 Å². The zero-order chi connectivity index (χ0) is 22.6. The molecule has 0 radical (unpaired) electrons. The number of aliphatic carboxylic acids is 1. The highest BCUT2D eigenvalue weighted by Crippen LogP contribution is 2.00. The zero-order valence-electron chi connectivity index (χ0n) is 18.9. The standard InChI is InChI=1S/C10H20O3.C7H13BrO2.C5H12O/c1-2-3-5-8-13-9-6-4-7-10(11)12;1-2-10-7(9)5-3-4-6-8;1-2-3-4-5-6/h2-9H2,1H3,(H,11,12);2-6H2,1H3;6H,2-5H2,1H3. The summed E-state index contributed by atoms with van der Waals surface area (Å²) in [5.41, 5.74) is 0. The quantitative estimate of drug-likeness (QED) is 0.155. The van der Waals surface area contributed by atoms with E-state index in [1.54, 1.807) is 0 Å². The van der Waals surface area contributed by atoms with Crippen LogP contribution in [0, 0.1) is 0 Å². The van der Waals surface area contributed by atoms with E-state index in [1.165, 1.54) is 19.3 Å². The summed E-state index contributed by atoms with van der Waals surface area (Å²) in [6, 6.07) is 0. The molecule has 0 heterocycles. The van der Waals surface area contributed by atoms with E-state index in [1.807, 2.05) is 6.92 Å². The summed E-state index contributed by atoms with van der Waals surface area (Å²) >= 11 is 3.29. The Morgan fingerprint density at radius 2 is 1.34 bits per heavy atom. The van der Waals surface area contributed by atoms with E-state index in [0.29, 0.717) is 26.2 Å². The van der Waals surface area contributed by atoms with E-state index in [4.69, 9.17) is 19.7 Å². The largest absolute Gasteiger partial charge is 0.481 e. The highest BCUT2D eigenvalue weighted by atomic mass is 79.9. The minimum Gasteiger partial charge on any atom is -0.481 e. The van der Waals surface area contributed by atoms with Gasteiger partial charge in [0.2, 0.25) is 0 Å². The molecule has 2 N–H and O–H groups in total. The zero-order valence-corrected chi connectivity index (χ0v) is 20.5. The van der Waals surface area contributed by atoms with Crippen molar-refractivity contribution < 1.29 is 29.3 Å². The second-order valence-electron chi connectivity index (χ2n) is 6.55. The van der Waals surface area contributed by atoms with Crippen LogP contribution in [0.4, 0.5) is 0 Å². The van der Waals surface area contributed by atoms with E-state index in [2.05, 4.69) is 29.8 Å². The lowest BCUT2D eigenvalue weighted by molar-refractivity contribution is -0.143. The van der Waals surface area contributed by atoms with Crippen LogP contribution < -0.4 is 0 Å². The van der Waals surface area contributed by atoms with Gasteiger partial charge in [-0.15, -0.1) is 0 Å². The Morgan fingerprint density at radius 3 is 1.79 bits per heavy atom. The molecule has 0 saturated heterocycles. The number of ether oxygens (including phenoxy) is 2. The van der Waals surface area contributed by atoms with Gasteiger partial charge in [-0.25, -0.2) is 0 Å². The molecule has 0 aliphatic carbocycles. The Kier molecular flexibility index (Phi) is 36.4. The molecule has 6 nitrogen and oxygen atoms in total. The van der Waals surface area contributed by atoms with E-state index in [0.717, 1.165) is 56.9 Å². The smallest absolute Gasteiger partial charge is 0.305 e. The Hall–Kier alpha value is -0.660. The first-order valence-electron chi connectivity index (χ1n) is 11.1. The number of aliphatic hydroxyl groups excluding tert-OH is 1. The van der Waals surface area contributed by atoms with Crippen molar-refractivity contribution in [1.29, 1.82) is 0 Å². The van der Waals surface area contributed by atoms with Gasteiger partial charge in [0.15, 0.2) is 0 Å². The van der Waals surface area contributed by atoms with E-state index >= 15 is 0 Å². The molecule has 176 valence electrons. The summed E-state index contributed by atoms with van der Waals surface area (Å²) in [6.45, 7) is 8.48. The maximum atomic E-state index is 10.7. The molecule has 7 heteroatoms. The summed E-state index contributed by atoms with van der Waals surface area (Å²) in [6.07, 6.45) is 11.2. The third kappa shape index (κ3) is 42.4. The number of carboxylic acids is 1. The number of halogens is 1. The van der Waals surface area contributed by atoms with Crippen LogP contribution in [0.25, 0.3) is 0 Å². The van der Waals surface area contributed by atoms with Crippen LogP contribution in [0.15, 0.2) is 0 Å². The lowest BCUT2D eigenvalue weighted by atomic mass is 10.2. The molecule has 0 unspecified atom stereocenters. The van der Waals surface area contributed by atoms with Crippen LogP contribution in [-0.4, -0.2) is 53.9 Å². The van der Waals surface area contributed by atoms with Crippen molar-refractivity contribution in [1.82, 2.24) is 0 Å². The average Bonchev–Trinajstić information content (AvgIpc) is 2.69. The van der Waals surface area contributed by atoms with Gasteiger partial charge in [0, 0.05) is 38.0 Å². The predicted octanol–water partition coefficient (Wildman–Crippen LogP) is 5.73. The van der Waals surface area contributed by atoms with Crippen molar-refractivity contribution >= 4 is 27.9 Å². The molecular weight excluding hydrogens is 440 g/mol. The summed E-state index contributed by atoms with van der Waals surface area (Å²) in [4.78, 5) is 20.8. The first-order chi connectivity index (χ1) is 14.0. The topological polar surface area (TPSA) is 93.1 Å². The SMILES string of the molecule is CCCCCO.CCCCCOCCCCC(=O)O.CCOC(=O)CCCCBr. The third-order valence-electron chi connectivity index (χ3n) is 3.65. The maximum Gasteiger partial charge on any atom is 0.305 e. The van der Waals surface area contributed by atoms with Gasteiger partial charge in [0.05, 0.1) is 6.61 Å². The van der Waals surface area contributed by atoms with Gasteiger partial charge in [0.25, 0.3) is 0 Å². The molecule has 0 bridgehead atoms. The summed E-state index contributed by atoms with van der Waals surface area (Å²) in [5, 5.41) is 17.5. The Labute approximate surface area is 186 Å². The second-order valence-corrected chi connectivity index (χ2v) is 7.35. The molecule has 0 saturated carbocycles. The van der Waals surface area contributed by atoms with Crippen molar-refractivity contribution in [3.63, 3.8) is 0 Å². The molecule has 29 heavy (non-hydrogen) atoms. The number of unbranched alkanes of at least 4 members (excludes halogenated alkanes) is 6. The number of aliphatic hydroxyl groups is 1. The van der Waals surface area contributed by atoms with Crippen molar-refractivity contribution in [3.8, 4) is 0 Å². The summed E-state index contributed by atoms with van der Waals surface area (Å²) in [5.74, 6) is -0.797. The van der Waals surface area contributed by atoms with Crippen molar-refractivity contribution in [2.75, 3.05) is 31.8 Å². The Morgan fingerprint density at radius 1 is 0.793 bits per heavy atom. The number of rotatable bonds is 17. The number of hydrogen-bond donors (Lipinski definition) is 2. The molecular formula is C22H45BrO6. The molecule has 0 aliphatic rings. The monoisotopic (exact) mass is 484 g/mol. The van der Waals surface area contributed by atoms with E-state index in [-0.39, 0.29) is 12.4 Å². The summed E-state index contributed by atoms with van der Waals surface area (Å²) < 4.78 is 10.1. The van der Waals surface area contributed by atoms with Gasteiger partial charge >= 0.3 is 11.9 Å². The minimum atomic E-state index is -0.717. The lowest BCUT2D eigenvalue weighted by Crippen LogP contribution is -2.03. The molecule has 0 aromatic heterocycles. The fourth-order valence-corrected chi connectivity index (χ4v) is 2.39. The fraction of sp³-hybridized carbons (Fsp3) is 0.909. The highest BCUT2D eigenvalue weighted by Gasteiger charge is 1.99. The van der Waals surface area contributed by atoms with Gasteiger partial charge in [-0.3, -0.25) is 9.59 Å². The molecule has 0 rings (SSSR count). The van der Waals surface area contributed by atoms with Crippen molar-refractivity contribution in [3.05, 3.63) is 0 Å². The fourth-order valence-electron chi connectivity index (χ4n) is 2.00. The van der Waals surface area contributed by atoms with Gasteiger partial charge in [-0.05, 0) is 45.4 Å². The van der Waals surface area contributed by atoms with E-state index < -0.39 is 5.97 Å². The number of carboxylic acid groups (broad SMARTS) is 1. The van der Waals surface area contributed by atoms with Crippen LogP contribution in [0.1, 0.15) is 97.8 Å². The molecule has 0 spiro atoms. The maximum absolute atomic E-state index is 10.7. The van der Waals surface area contributed by atoms with Crippen LogP contribution in [0.3, 0.4) is 0 Å². The number of esters is 1. The Bertz CT molecular complexity index is 322. The second kappa shape index (κ2) is 32.0. The normalized spacial score (nSPS) is 9.69. The molecule has 0 aliphatic heterocycles. The molecule has 0 fully saturated rings. The van der Waals surface area contributed by atoms with E-state index in [9.17, 15) is 9.59 Å². The van der Waals surface area contributed by atoms with Gasteiger partial charge in [0.1, 0.15) is 0 Å². The third-order valence-corrected chi connectivity index (χ3v) is 4.21. The minimum absolute atomic E-state index is 0.0801. The first kappa shape index (κ1) is 33.0. The summed E-state index contributed by atoms with van der Waals surface area (Å²) in [7, 11) is 0. The van der Waals surface area contributed by atoms with Crippen LogP contribution in [0.5, 0.6) is 0 Å². The molecule has 0 aromatic rings. The predicted molar refractivity (Wildman–Crippen MR) is 123 cm³/mol. The number of alkyl halides is 1. The van der Waals surface area contributed by atoms with Gasteiger partial charge in [-0.1, -0.05) is 55.5 Å². The van der Waals surface area contributed by atoms with Crippen LogP contribution >= 0.6 is 15.9 Å². The Balaban J connectivity index is -0.000000375. The lowest BCUT2D eigenvalue weighted by Gasteiger charge is -2.02. The molecule has 0 aromatic carbocycles. The number of carbonyl (C=O) groups is 2. The number of carbonyl (C=O) groups excluding carboxylic acids is 1. The molecule has 0 amide bonds. The van der Waals surface area contributed by atoms with Crippen LogP contribution in [0.2, 0.25) is 0 Å². The average molecular weight is 486 g/mol. The number of hydrogen-bond acceptors (Lipinski definition) is 5. The molecule has 0 atom stereocenters. The first-order valence-corrected chi connectivity index (χ1v) is 12.2. The highest BCUT2D eigenvalue weighted by molar-refractivity contribution is 9.09. The van der Waals surface area contributed by atoms with Crippen LogP contribution in [-0.2, 0) is 19.1 Å². The van der Waals surface area contributed by atoms with Gasteiger partial charge in [-0.2, -0.15) is 0 Å². The van der Waals surface area contributed by atoms with Crippen molar-refractivity contribution in [2.45, 2.75) is 97.8 Å².